The Morgan fingerprint density at radius 1 is 1.14 bits per heavy atom. The zero-order valence-corrected chi connectivity index (χ0v) is 11.6. The molecule has 4 rings (SSSR count). The number of benzene rings is 2. The van der Waals surface area contributed by atoms with E-state index in [0.29, 0.717) is 11.6 Å². The average molecular weight is 280 g/mol. The molecule has 0 aliphatic heterocycles. The first kappa shape index (κ1) is 12.3. The monoisotopic (exact) mass is 280 g/mol. The molecule has 0 fully saturated rings. The summed E-state index contributed by atoms with van der Waals surface area (Å²) >= 11 is 0. The molecule has 0 saturated carbocycles. The molecule has 1 aromatic heterocycles. The fraction of sp³-hybridized carbons (Fsp3) is 0.235. The highest BCUT2D eigenvalue weighted by molar-refractivity contribution is 5.76. The molecule has 2 aromatic carbocycles. The van der Waals surface area contributed by atoms with E-state index in [0.717, 1.165) is 30.5 Å². The van der Waals surface area contributed by atoms with E-state index in [1.165, 1.54) is 11.1 Å². The molecule has 4 nitrogen and oxygen atoms in total. The second-order valence-electron chi connectivity index (χ2n) is 5.58. The lowest BCUT2D eigenvalue weighted by Gasteiger charge is -2.26. The minimum atomic E-state index is -0.409. The van der Waals surface area contributed by atoms with Gasteiger partial charge < -0.3 is 9.73 Å². The van der Waals surface area contributed by atoms with Crippen molar-refractivity contribution in [2.75, 3.05) is 5.32 Å². The van der Waals surface area contributed by atoms with Crippen LogP contribution in [0, 0.1) is 0 Å². The van der Waals surface area contributed by atoms with Gasteiger partial charge in [-0.2, -0.15) is 0 Å². The maximum Gasteiger partial charge on any atom is 0.417 e. The maximum atomic E-state index is 11.2. The van der Waals surface area contributed by atoms with Crippen molar-refractivity contribution in [3.05, 3.63) is 64.1 Å². The van der Waals surface area contributed by atoms with Crippen molar-refractivity contribution in [2.24, 2.45) is 0 Å². The van der Waals surface area contributed by atoms with Crippen molar-refractivity contribution in [1.29, 1.82) is 0 Å². The van der Waals surface area contributed by atoms with Gasteiger partial charge in [-0.25, -0.2) is 4.79 Å². The molecule has 2 N–H and O–H groups in total. The molecule has 106 valence electrons. The number of nitrogens with one attached hydrogen (secondary N) is 2. The molecule has 1 aliphatic rings. The van der Waals surface area contributed by atoms with Crippen LogP contribution in [0.3, 0.4) is 0 Å². The number of H-pyrrole nitrogens is 1. The Kier molecular flexibility index (Phi) is 2.81. The highest BCUT2D eigenvalue weighted by atomic mass is 16.4. The molecule has 1 heterocycles. The van der Waals surface area contributed by atoms with E-state index >= 15 is 0 Å². The highest BCUT2D eigenvalue weighted by Crippen LogP contribution is 2.24. The van der Waals surface area contributed by atoms with E-state index in [-0.39, 0.29) is 0 Å². The van der Waals surface area contributed by atoms with E-state index in [1.54, 1.807) is 0 Å². The first-order chi connectivity index (χ1) is 10.3. The minimum Gasteiger partial charge on any atom is -0.408 e. The van der Waals surface area contributed by atoms with Gasteiger partial charge in [0, 0.05) is 11.7 Å². The SMILES string of the molecule is O=c1[nH]c2cc(NC3CCc4ccccc4C3)ccc2o1. The standard InChI is InChI=1S/C17H16N2O2/c20-17-19-15-10-14(7-8-16(15)21-17)18-13-6-5-11-3-1-2-4-12(11)9-13/h1-4,7-8,10,13,18H,5-6,9H2,(H,19,20). The van der Waals surface area contributed by atoms with Crippen LogP contribution < -0.4 is 11.1 Å². The maximum absolute atomic E-state index is 11.2. The Morgan fingerprint density at radius 2 is 2.00 bits per heavy atom. The van der Waals surface area contributed by atoms with Gasteiger partial charge in [-0.1, -0.05) is 24.3 Å². The third-order valence-electron chi connectivity index (χ3n) is 4.14. The summed E-state index contributed by atoms with van der Waals surface area (Å²) in [6.45, 7) is 0. The number of fused-ring (bicyclic) bond motifs is 2. The second kappa shape index (κ2) is 4.81. The Bertz CT molecular complexity index is 847. The summed E-state index contributed by atoms with van der Waals surface area (Å²) in [5.41, 5.74) is 5.24. The number of aromatic nitrogens is 1. The van der Waals surface area contributed by atoms with Gasteiger partial charge in [-0.15, -0.1) is 0 Å². The Morgan fingerprint density at radius 3 is 2.90 bits per heavy atom. The average Bonchev–Trinajstić information content (AvgIpc) is 2.86. The summed E-state index contributed by atoms with van der Waals surface area (Å²) in [5, 5.41) is 3.56. The van der Waals surface area contributed by atoms with Gasteiger partial charge in [-0.05, 0) is 48.6 Å². The van der Waals surface area contributed by atoms with Crippen LogP contribution in [0.15, 0.2) is 51.7 Å². The van der Waals surface area contributed by atoms with Crippen molar-refractivity contribution in [3.8, 4) is 0 Å². The van der Waals surface area contributed by atoms with Crippen LogP contribution in [0.2, 0.25) is 0 Å². The van der Waals surface area contributed by atoms with Gasteiger partial charge in [0.15, 0.2) is 5.58 Å². The first-order valence-corrected chi connectivity index (χ1v) is 7.24. The van der Waals surface area contributed by atoms with Crippen LogP contribution in [0.1, 0.15) is 17.5 Å². The summed E-state index contributed by atoms with van der Waals surface area (Å²) in [6, 6.07) is 14.8. The van der Waals surface area contributed by atoms with Crippen LogP contribution in [-0.4, -0.2) is 11.0 Å². The van der Waals surface area contributed by atoms with Crippen LogP contribution in [0.25, 0.3) is 11.1 Å². The van der Waals surface area contributed by atoms with E-state index in [4.69, 9.17) is 4.42 Å². The molecule has 0 radical (unpaired) electrons. The topological polar surface area (TPSA) is 58.0 Å². The molecule has 21 heavy (non-hydrogen) atoms. The van der Waals surface area contributed by atoms with Crippen molar-refractivity contribution < 1.29 is 4.42 Å². The lowest BCUT2D eigenvalue weighted by molar-refractivity contribution is 0.555. The van der Waals surface area contributed by atoms with Crippen LogP contribution >= 0.6 is 0 Å². The number of anilines is 1. The quantitative estimate of drug-likeness (QED) is 0.758. The van der Waals surface area contributed by atoms with Crippen LogP contribution in [0.5, 0.6) is 0 Å². The van der Waals surface area contributed by atoms with Gasteiger partial charge in [0.2, 0.25) is 0 Å². The van der Waals surface area contributed by atoms with Crippen LogP contribution in [-0.2, 0) is 12.8 Å². The Balaban J connectivity index is 1.56. The number of rotatable bonds is 2. The van der Waals surface area contributed by atoms with E-state index < -0.39 is 5.76 Å². The number of hydrogen-bond donors (Lipinski definition) is 2. The zero-order chi connectivity index (χ0) is 14.2. The fourth-order valence-corrected chi connectivity index (χ4v) is 3.10. The highest BCUT2D eigenvalue weighted by Gasteiger charge is 2.18. The lowest BCUT2D eigenvalue weighted by atomic mass is 9.88. The van der Waals surface area contributed by atoms with Gasteiger partial charge >= 0.3 is 5.76 Å². The molecule has 0 amide bonds. The molecule has 0 saturated heterocycles. The number of oxazole rings is 1. The third kappa shape index (κ3) is 2.33. The number of aryl methyl sites for hydroxylation is 1. The van der Waals surface area contributed by atoms with Crippen LogP contribution in [0.4, 0.5) is 5.69 Å². The summed E-state index contributed by atoms with van der Waals surface area (Å²) in [6.07, 6.45) is 3.27. The minimum absolute atomic E-state index is 0.409. The predicted octanol–water partition coefficient (Wildman–Crippen LogP) is 3.09. The van der Waals surface area contributed by atoms with Crippen molar-refractivity contribution in [1.82, 2.24) is 4.98 Å². The third-order valence-corrected chi connectivity index (χ3v) is 4.14. The molecule has 3 aromatic rings. The van der Waals surface area contributed by atoms with E-state index in [1.807, 2.05) is 18.2 Å². The fourth-order valence-electron chi connectivity index (χ4n) is 3.10. The molecule has 1 aliphatic carbocycles. The van der Waals surface area contributed by atoms with Gasteiger partial charge in [0.1, 0.15) is 0 Å². The Hall–Kier alpha value is -2.49. The van der Waals surface area contributed by atoms with E-state index in [2.05, 4.69) is 34.6 Å². The molecular weight excluding hydrogens is 264 g/mol. The zero-order valence-electron chi connectivity index (χ0n) is 11.6. The smallest absolute Gasteiger partial charge is 0.408 e. The largest absolute Gasteiger partial charge is 0.417 e. The summed E-state index contributed by atoms with van der Waals surface area (Å²) in [4.78, 5) is 13.9. The first-order valence-electron chi connectivity index (χ1n) is 7.24. The summed E-state index contributed by atoms with van der Waals surface area (Å²) in [7, 11) is 0. The predicted molar refractivity (Wildman–Crippen MR) is 82.7 cm³/mol. The van der Waals surface area contributed by atoms with Gasteiger partial charge in [0.05, 0.1) is 5.52 Å². The normalized spacial score (nSPS) is 17.6. The second-order valence-corrected chi connectivity index (χ2v) is 5.58. The van der Waals surface area contributed by atoms with Crippen molar-refractivity contribution in [3.63, 3.8) is 0 Å². The Labute approximate surface area is 121 Å². The van der Waals surface area contributed by atoms with Crippen molar-refractivity contribution in [2.45, 2.75) is 25.3 Å². The molecule has 1 atom stereocenters. The summed E-state index contributed by atoms with van der Waals surface area (Å²) < 4.78 is 5.02. The number of hydrogen-bond acceptors (Lipinski definition) is 3. The van der Waals surface area contributed by atoms with Crippen molar-refractivity contribution >= 4 is 16.8 Å². The van der Waals surface area contributed by atoms with Gasteiger partial charge in [-0.3, -0.25) is 4.98 Å². The van der Waals surface area contributed by atoms with E-state index in [9.17, 15) is 4.79 Å². The number of aromatic amines is 1. The van der Waals surface area contributed by atoms with Gasteiger partial charge in [0.25, 0.3) is 0 Å². The molecule has 1 unspecified atom stereocenters. The molecular formula is C17H16N2O2. The lowest BCUT2D eigenvalue weighted by Crippen LogP contribution is -2.27. The molecule has 4 heteroatoms. The molecule has 0 spiro atoms. The summed E-state index contributed by atoms with van der Waals surface area (Å²) in [5.74, 6) is -0.409. The molecule has 0 bridgehead atoms.